The smallest absolute Gasteiger partial charge is 0.123 e. The molecule has 0 heterocycles. The highest BCUT2D eigenvalue weighted by atomic mass is 19.1. The van der Waals surface area contributed by atoms with Gasteiger partial charge in [-0.3, -0.25) is 0 Å². The Morgan fingerprint density at radius 1 is 1.35 bits per heavy atom. The number of ether oxygens (including phenoxy) is 1. The fourth-order valence-corrected chi connectivity index (χ4v) is 1.69. The van der Waals surface area contributed by atoms with E-state index < -0.39 is 0 Å². The summed E-state index contributed by atoms with van der Waals surface area (Å²) in [5.41, 5.74) is 0.891. The molecule has 0 spiro atoms. The number of hydrogen-bond acceptors (Lipinski definition) is 2. The first-order valence-electron chi connectivity index (χ1n) is 6.25. The second kappa shape index (κ2) is 7.41. The fourth-order valence-electron chi connectivity index (χ4n) is 1.69. The molecule has 1 aromatic carbocycles. The highest BCUT2D eigenvalue weighted by Gasteiger charge is 2.13. The van der Waals surface area contributed by atoms with Crippen LogP contribution in [0.25, 0.3) is 0 Å². The average Bonchev–Trinajstić information content (AvgIpc) is 2.27. The average molecular weight is 239 g/mol. The van der Waals surface area contributed by atoms with Crippen molar-refractivity contribution in [3.63, 3.8) is 0 Å². The summed E-state index contributed by atoms with van der Waals surface area (Å²) in [6.45, 7) is 7.77. The molecule has 2 nitrogen and oxygen atoms in total. The predicted molar refractivity (Wildman–Crippen MR) is 68.5 cm³/mol. The molecule has 0 saturated carbocycles. The van der Waals surface area contributed by atoms with Gasteiger partial charge >= 0.3 is 0 Å². The van der Waals surface area contributed by atoms with Crippen molar-refractivity contribution in [2.24, 2.45) is 0 Å². The van der Waals surface area contributed by atoms with Crippen LogP contribution in [-0.2, 0) is 4.74 Å². The Morgan fingerprint density at radius 2 is 2.12 bits per heavy atom. The molecule has 0 saturated heterocycles. The van der Waals surface area contributed by atoms with Gasteiger partial charge in [0, 0.05) is 6.54 Å². The molecule has 0 fully saturated rings. The molecule has 17 heavy (non-hydrogen) atoms. The van der Waals surface area contributed by atoms with Crippen molar-refractivity contribution >= 4 is 0 Å². The lowest BCUT2D eigenvalue weighted by atomic mass is 10.1. The highest BCUT2D eigenvalue weighted by molar-refractivity contribution is 5.19. The molecule has 0 bridgehead atoms. The minimum atomic E-state index is -0.213. The summed E-state index contributed by atoms with van der Waals surface area (Å²) in [6, 6.07) is 6.63. The molecule has 0 aliphatic rings. The van der Waals surface area contributed by atoms with Gasteiger partial charge in [-0.25, -0.2) is 4.39 Å². The molecule has 0 amide bonds. The molecule has 3 heteroatoms. The Balaban J connectivity index is 2.67. The van der Waals surface area contributed by atoms with E-state index in [0.29, 0.717) is 0 Å². The Bertz CT molecular complexity index is 328. The Hall–Kier alpha value is -0.930. The van der Waals surface area contributed by atoms with Crippen molar-refractivity contribution in [3.05, 3.63) is 35.6 Å². The van der Waals surface area contributed by atoms with Crippen molar-refractivity contribution in [2.45, 2.75) is 39.4 Å². The maximum atomic E-state index is 13.2. The van der Waals surface area contributed by atoms with E-state index in [1.165, 1.54) is 6.07 Å². The third kappa shape index (κ3) is 5.29. The molecule has 96 valence electrons. The summed E-state index contributed by atoms with van der Waals surface area (Å²) < 4.78 is 19.0. The second-order valence-electron chi connectivity index (χ2n) is 4.43. The van der Waals surface area contributed by atoms with Gasteiger partial charge in [0.25, 0.3) is 0 Å². The lowest BCUT2D eigenvalue weighted by Crippen LogP contribution is -2.25. The van der Waals surface area contributed by atoms with E-state index >= 15 is 0 Å². The SMILES string of the molecule is CCCNCC(OC(C)C)c1cccc(F)c1. The van der Waals surface area contributed by atoms with Crippen LogP contribution in [0.3, 0.4) is 0 Å². The van der Waals surface area contributed by atoms with Gasteiger partial charge in [0.05, 0.1) is 12.2 Å². The van der Waals surface area contributed by atoms with Crippen LogP contribution in [-0.4, -0.2) is 19.2 Å². The number of rotatable bonds is 7. The van der Waals surface area contributed by atoms with Gasteiger partial charge in [0.2, 0.25) is 0 Å². The normalized spacial score (nSPS) is 13.0. The van der Waals surface area contributed by atoms with Crippen LogP contribution >= 0.6 is 0 Å². The summed E-state index contributed by atoms with van der Waals surface area (Å²) >= 11 is 0. The maximum absolute atomic E-state index is 13.2. The van der Waals surface area contributed by atoms with Gasteiger partial charge in [-0.05, 0) is 44.5 Å². The Labute approximate surface area is 103 Å². The van der Waals surface area contributed by atoms with Crippen molar-refractivity contribution in [2.75, 3.05) is 13.1 Å². The van der Waals surface area contributed by atoms with Crippen LogP contribution in [0.15, 0.2) is 24.3 Å². The molecule has 1 rings (SSSR count). The van der Waals surface area contributed by atoms with E-state index in [1.54, 1.807) is 12.1 Å². The van der Waals surface area contributed by atoms with Gasteiger partial charge < -0.3 is 10.1 Å². The van der Waals surface area contributed by atoms with Crippen LogP contribution in [0, 0.1) is 5.82 Å². The van der Waals surface area contributed by atoms with Crippen molar-refractivity contribution in [1.29, 1.82) is 0 Å². The second-order valence-corrected chi connectivity index (χ2v) is 4.43. The molecule has 0 radical (unpaired) electrons. The van der Waals surface area contributed by atoms with E-state index in [0.717, 1.165) is 25.1 Å². The van der Waals surface area contributed by atoms with Crippen LogP contribution in [0.1, 0.15) is 38.9 Å². The maximum Gasteiger partial charge on any atom is 0.123 e. The largest absolute Gasteiger partial charge is 0.370 e. The van der Waals surface area contributed by atoms with E-state index in [2.05, 4.69) is 12.2 Å². The van der Waals surface area contributed by atoms with Gasteiger partial charge in [0.15, 0.2) is 0 Å². The van der Waals surface area contributed by atoms with E-state index in [-0.39, 0.29) is 18.0 Å². The number of benzene rings is 1. The summed E-state index contributed by atoms with van der Waals surface area (Å²) in [4.78, 5) is 0. The van der Waals surface area contributed by atoms with E-state index in [9.17, 15) is 4.39 Å². The zero-order valence-electron chi connectivity index (χ0n) is 10.9. The molecule has 1 aromatic rings. The topological polar surface area (TPSA) is 21.3 Å². The van der Waals surface area contributed by atoms with Crippen molar-refractivity contribution < 1.29 is 9.13 Å². The first-order chi connectivity index (χ1) is 8.13. The van der Waals surface area contributed by atoms with Gasteiger partial charge in [-0.1, -0.05) is 19.1 Å². The fraction of sp³-hybridized carbons (Fsp3) is 0.571. The molecule has 1 atom stereocenters. The molecular weight excluding hydrogens is 217 g/mol. The predicted octanol–water partition coefficient (Wildman–Crippen LogP) is 3.29. The molecule has 0 aromatic heterocycles. The van der Waals surface area contributed by atoms with Crippen LogP contribution in [0.2, 0.25) is 0 Å². The lowest BCUT2D eigenvalue weighted by Gasteiger charge is -2.21. The zero-order valence-corrected chi connectivity index (χ0v) is 10.9. The standard InChI is InChI=1S/C14H22FNO/c1-4-8-16-10-14(17-11(2)3)12-6-5-7-13(15)9-12/h5-7,9,11,14,16H,4,8,10H2,1-3H3. The van der Waals surface area contributed by atoms with Crippen molar-refractivity contribution in [3.8, 4) is 0 Å². The van der Waals surface area contributed by atoms with Gasteiger partial charge in [-0.15, -0.1) is 0 Å². The van der Waals surface area contributed by atoms with Crippen LogP contribution in [0.5, 0.6) is 0 Å². The molecule has 0 aliphatic carbocycles. The number of nitrogens with one attached hydrogen (secondary N) is 1. The third-order valence-corrected chi connectivity index (χ3v) is 2.41. The summed E-state index contributed by atoms with van der Waals surface area (Å²) in [5.74, 6) is -0.213. The third-order valence-electron chi connectivity index (χ3n) is 2.41. The molecule has 0 aliphatic heterocycles. The van der Waals surface area contributed by atoms with Crippen molar-refractivity contribution in [1.82, 2.24) is 5.32 Å². The first kappa shape index (κ1) is 14.1. The Morgan fingerprint density at radius 3 is 2.71 bits per heavy atom. The van der Waals surface area contributed by atoms with E-state index in [1.807, 2.05) is 19.9 Å². The zero-order chi connectivity index (χ0) is 12.7. The summed E-state index contributed by atoms with van der Waals surface area (Å²) in [5, 5.41) is 3.31. The van der Waals surface area contributed by atoms with Crippen LogP contribution < -0.4 is 5.32 Å². The quantitative estimate of drug-likeness (QED) is 0.737. The molecular formula is C14H22FNO. The van der Waals surface area contributed by atoms with Crippen LogP contribution in [0.4, 0.5) is 4.39 Å². The highest BCUT2D eigenvalue weighted by Crippen LogP contribution is 2.19. The number of halogens is 1. The van der Waals surface area contributed by atoms with Gasteiger partial charge in [0.1, 0.15) is 5.82 Å². The minimum absolute atomic E-state index is 0.0859. The first-order valence-corrected chi connectivity index (χ1v) is 6.25. The lowest BCUT2D eigenvalue weighted by molar-refractivity contribution is 0.00708. The Kier molecular flexibility index (Phi) is 6.16. The molecule has 1 N–H and O–H groups in total. The molecule has 1 unspecified atom stereocenters. The summed E-state index contributed by atoms with van der Waals surface area (Å²) in [6.07, 6.45) is 1.13. The van der Waals surface area contributed by atoms with E-state index in [4.69, 9.17) is 4.74 Å². The van der Waals surface area contributed by atoms with Gasteiger partial charge in [-0.2, -0.15) is 0 Å². The monoisotopic (exact) mass is 239 g/mol. The summed E-state index contributed by atoms with van der Waals surface area (Å²) in [7, 11) is 0. The number of hydrogen-bond donors (Lipinski definition) is 1. The minimum Gasteiger partial charge on any atom is -0.370 e.